The molecule has 29 heavy (non-hydrogen) atoms. The van der Waals surface area contributed by atoms with Crippen molar-refractivity contribution in [2.75, 3.05) is 0 Å². The van der Waals surface area contributed by atoms with E-state index in [0.717, 1.165) is 0 Å². The number of allylic oxidation sites excluding steroid dienone is 1. The molecule has 0 spiro atoms. The van der Waals surface area contributed by atoms with Crippen molar-refractivity contribution in [2.45, 2.75) is 83.2 Å². The molecule has 0 unspecified atom stereocenters. The Morgan fingerprint density at radius 2 is 1.52 bits per heavy atom. The largest absolute Gasteiger partial charge is 0.419 e. The normalized spacial score (nSPS) is 45.7. The smallest absolute Gasteiger partial charge is 0.380 e. The van der Waals surface area contributed by atoms with Gasteiger partial charge in [-0.2, -0.15) is 26.3 Å². The standard InChI is InChI=1S/C21H26F6O2/c1-17-8-7-15(28)16(20(22,23)24)14(17)4-3-11-12(17)5-9-18(2)13(11)6-10-19(18,29)21(25,26)27/h11-13,29H,3-10H2,1-2H3/t11-,12+,13+,17-,18+,19+/m1/s1. The first kappa shape index (κ1) is 21.2. The summed E-state index contributed by atoms with van der Waals surface area (Å²) in [5, 5.41) is 10.6. The Morgan fingerprint density at radius 1 is 0.897 bits per heavy atom. The lowest BCUT2D eigenvalue weighted by molar-refractivity contribution is -0.303. The van der Waals surface area contributed by atoms with Crippen molar-refractivity contribution in [1.82, 2.24) is 0 Å². The van der Waals surface area contributed by atoms with E-state index in [1.165, 1.54) is 6.92 Å². The minimum Gasteiger partial charge on any atom is -0.380 e. The fraction of sp³-hybridized carbons (Fsp3) is 0.857. The number of ketones is 1. The van der Waals surface area contributed by atoms with Gasteiger partial charge in [-0.05, 0) is 73.7 Å². The summed E-state index contributed by atoms with van der Waals surface area (Å²) in [5.41, 5.74) is -5.73. The number of aliphatic hydroxyl groups is 1. The van der Waals surface area contributed by atoms with Crippen LogP contribution in [-0.4, -0.2) is 28.8 Å². The highest BCUT2D eigenvalue weighted by Crippen LogP contribution is 2.70. The van der Waals surface area contributed by atoms with E-state index in [0.29, 0.717) is 19.3 Å². The number of fused-ring (bicyclic) bond motifs is 5. The maximum absolute atomic E-state index is 13.7. The molecule has 4 aliphatic carbocycles. The fourth-order valence-electron chi connectivity index (χ4n) is 7.53. The Labute approximate surface area is 165 Å². The molecule has 0 amide bonds. The molecule has 0 saturated heterocycles. The van der Waals surface area contributed by atoms with E-state index in [1.54, 1.807) is 6.92 Å². The molecule has 0 bridgehead atoms. The second-order valence-corrected chi connectivity index (χ2v) is 9.96. The molecular formula is C21H26F6O2. The summed E-state index contributed by atoms with van der Waals surface area (Å²) in [6, 6.07) is 0. The maximum atomic E-state index is 13.7. The first-order chi connectivity index (χ1) is 13.2. The molecule has 3 saturated carbocycles. The predicted molar refractivity (Wildman–Crippen MR) is 92.7 cm³/mol. The molecule has 164 valence electrons. The highest BCUT2D eigenvalue weighted by molar-refractivity contribution is 5.98. The Morgan fingerprint density at radius 3 is 2.10 bits per heavy atom. The van der Waals surface area contributed by atoms with Crippen LogP contribution in [-0.2, 0) is 4.79 Å². The minimum atomic E-state index is -4.73. The first-order valence-corrected chi connectivity index (χ1v) is 10.3. The third-order valence-corrected chi connectivity index (χ3v) is 9.03. The average molecular weight is 424 g/mol. The van der Waals surface area contributed by atoms with Gasteiger partial charge in [-0.25, -0.2) is 0 Å². The van der Waals surface area contributed by atoms with Crippen molar-refractivity contribution in [2.24, 2.45) is 28.6 Å². The number of Topliss-reactive ketones (excluding diaryl/α,β-unsaturated/α-hetero) is 1. The van der Waals surface area contributed by atoms with Crippen LogP contribution in [0.15, 0.2) is 11.1 Å². The van der Waals surface area contributed by atoms with Gasteiger partial charge in [0.15, 0.2) is 11.4 Å². The highest BCUT2D eigenvalue weighted by atomic mass is 19.4. The van der Waals surface area contributed by atoms with Crippen LogP contribution in [0.4, 0.5) is 26.3 Å². The zero-order valence-electron chi connectivity index (χ0n) is 16.5. The molecule has 0 aromatic rings. The van der Waals surface area contributed by atoms with Gasteiger partial charge >= 0.3 is 12.4 Å². The molecule has 4 rings (SSSR count). The van der Waals surface area contributed by atoms with Crippen molar-refractivity contribution >= 4 is 5.78 Å². The monoisotopic (exact) mass is 424 g/mol. The highest BCUT2D eigenvalue weighted by Gasteiger charge is 2.72. The third kappa shape index (κ3) is 2.62. The lowest BCUT2D eigenvalue weighted by Gasteiger charge is -2.59. The number of carbonyl (C=O) groups is 1. The Bertz CT molecular complexity index is 768. The van der Waals surface area contributed by atoms with E-state index < -0.39 is 40.1 Å². The lowest BCUT2D eigenvalue weighted by Crippen LogP contribution is -2.60. The van der Waals surface area contributed by atoms with Gasteiger partial charge < -0.3 is 5.11 Å². The molecule has 4 aliphatic rings. The molecule has 8 heteroatoms. The van der Waals surface area contributed by atoms with E-state index in [2.05, 4.69) is 0 Å². The van der Waals surface area contributed by atoms with Crippen LogP contribution in [0.1, 0.15) is 65.2 Å². The SMILES string of the molecule is C[C@]12CCC(=O)C(C(F)(F)F)=C1CC[C@@H]1[C@@H]2CC[C@@]2(C)[C@H]1CC[C@@]2(O)C(F)(F)F. The Balaban J connectivity index is 1.74. The maximum Gasteiger partial charge on any atom is 0.419 e. The molecule has 0 radical (unpaired) electrons. The third-order valence-electron chi connectivity index (χ3n) is 9.03. The molecule has 0 heterocycles. The molecule has 2 nitrogen and oxygen atoms in total. The summed E-state index contributed by atoms with van der Waals surface area (Å²) in [6.07, 6.45) is -8.50. The van der Waals surface area contributed by atoms with Gasteiger partial charge in [0, 0.05) is 11.8 Å². The van der Waals surface area contributed by atoms with E-state index in [4.69, 9.17) is 0 Å². The summed E-state index contributed by atoms with van der Waals surface area (Å²) >= 11 is 0. The van der Waals surface area contributed by atoms with Crippen LogP contribution in [0, 0.1) is 28.6 Å². The van der Waals surface area contributed by atoms with Crippen LogP contribution in [0.2, 0.25) is 0 Å². The number of hydrogen-bond acceptors (Lipinski definition) is 2. The number of rotatable bonds is 0. The molecule has 1 N–H and O–H groups in total. The van der Waals surface area contributed by atoms with Crippen molar-refractivity contribution in [1.29, 1.82) is 0 Å². The number of alkyl halides is 6. The van der Waals surface area contributed by atoms with Crippen molar-refractivity contribution in [3.8, 4) is 0 Å². The van der Waals surface area contributed by atoms with Crippen LogP contribution >= 0.6 is 0 Å². The summed E-state index contributed by atoms with van der Waals surface area (Å²) < 4.78 is 82.1. The summed E-state index contributed by atoms with van der Waals surface area (Å²) in [7, 11) is 0. The van der Waals surface area contributed by atoms with Crippen LogP contribution < -0.4 is 0 Å². The van der Waals surface area contributed by atoms with Gasteiger partial charge in [0.1, 0.15) is 0 Å². The fourth-order valence-corrected chi connectivity index (χ4v) is 7.53. The van der Waals surface area contributed by atoms with Gasteiger partial charge in [-0.3, -0.25) is 4.79 Å². The first-order valence-electron chi connectivity index (χ1n) is 10.3. The van der Waals surface area contributed by atoms with Gasteiger partial charge in [-0.15, -0.1) is 0 Å². The summed E-state index contributed by atoms with van der Waals surface area (Å²) in [5.74, 6) is -1.60. The number of carbonyl (C=O) groups excluding carboxylic acids is 1. The van der Waals surface area contributed by atoms with Gasteiger partial charge in [-0.1, -0.05) is 13.8 Å². The number of hydrogen-bond donors (Lipinski definition) is 1. The molecule has 0 aromatic heterocycles. The topological polar surface area (TPSA) is 37.3 Å². The van der Waals surface area contributed by atoms with Crippen LogP contribution in [0.3, 0.4) is 0 Å². The van der Waals surface area contributed by atoms with Crippen molar-refractivity contribution in [3.63, 3.8) is 0 Å². The second-order valence-electron chi connectivity index (χ2n) is 9.96. The van der Waals surface area contributed by atoms with E-state index in [9.17, 15) is 36.2 Å². The van der Waals surface area contributed by atoms with Gasteiger partial charge in [0.2, 0.25) is 0 Å². The lowest BCUT2D eigenvalue weighted by atomic mass is 9.46. The zero-order chi connectivity index (χ0) is 21.6. The van der Waals surface area contributed by atoms with Crippen molar-refractivity contribution < 1.29 is 36.2 Å². The zero-order valence-corrected chi connectivity index (χ0v) is 16.5. The number of halogens is 6. The van der Waals surface area contributed by atoms with E-state index >= 15 is 0 Å². The van der Waals surface area contributed by atoms with Crippen molar-refractivity contribution in [3.05, 3.63) is 11.1 Å². The molecular weight excluding hydrogens is 398 g/mol. The minimum absolute atomic E-state index is 0.0925. The molecule has 0 aromatic carbocycles. The van der Waals surface area contributed by atoms with Crippen LogP contribution in [0.25, 0.3) is 0 Å². The average Bonchev–Trinajstić information content (AvgIpc) is 2.87. The summed E-state index contributed by atoms with van der Waals surface area (Å²) in [6.45, 7) is 3.28. The Kier molecular flexibility index (Phi) is 4.39. The molecule has 6 atom stereocenters. The van der Waals surface area contributed by atoms with Crippen LogP contribution in [0.5, 0.6) is 0 Å². The van der Waals surface area contributed by atoms with Gasteiger partial charge in [0.25, 0.3) is 0 Å². The molecule has 3 fully saturated rings. The van der Waals surface area contributed by atoms with E-state index in [1.807, 2.05) is 0 Å². The molecule has 0 aliphatic heterocycles. The van der Waals surface area contributed by atoms with E-state index in [-0.39, 0.29) is 55.4 Å². The van der Waals surface area contributed by atoms with Gasteiger partial charge in [0.05, 0.1) is 5.57 Å². The summed E-state index contributed by atoms with van der Waals surface area (Å²) in [4.78, 5) is 12.1. The predicted octanol–water partition coefficient (Wildman–Crippen LogP) is 5.74. The second kappa shape index (κ2) is 6.01. The quantitative estimate of drug-likeness (QED) is 0.503. The Hall–Kier alpha value is -1.05.